The summed E-state index contributed by atoms with van der Waals surface area (Å²) in [7, 11) is 0. The molecule has 4 fully saturated rings. The van der Waals surface area contributed by atoms with E-state index in [4.69, 9.17) is 0 Å². The largest absolute Gasteiger partial charge is 0.396 e. The number of hydrogen-bond acceptors (Lipinski definition) is 3. The van der Waals surface area contributed by atoms with Gasteiger partial charge in [0.05, 0.1) is 18.1 Å². The van der Waals surface area contributed by atoms with Gasteiger partial charge >= 0.3 is 0 Å². The second-order valence-electron chi connectivity index (χ2n) is 16.6. The van der Waals surface area contributed by atoms with Gasteiger partial charge in [-0.2, -0.15) is 0 Å². The molecule has 1 aromatic carbocycles. The number of fused-ring (bicyclic) bond motifs is 7. The number of aliphatic hydroxyl groups is 2. The summed E-state index contributed by atoms with van der Waals surface area (Å²) in [6, 6.07) is 6.18. The van der Waals surface area contributed by atoms with Crippen LogP contribution in [0.4, 0.5) is 10.1 Å². The maximum atomic E-state index is 14.3. The molecule has 41 heavy (non-hydrogen) atoms. The molecule has 0 heterocycles. The van der Waals surface area contributed by atoms with Crippen molar-refractivity contribution in [2.75, 3.05) is 11.9 Å². The molecule has 0 aliphatic heterocycles. The van der Waals surface area contributed by atoms with Crippen LogP contribution in [0.1, 0.15) is 106 Å². The van der Waals surface area contributed by atoms with Crippen LogP contribution in [-0.2, 0) is 4.79 Å². The third-order valence-corrected chi connectivity index (χ3v) is 14.3. The first-order valence-corrected chi connectivity index (χ1v) is 16.2. The third-order valence-electron chi connectivity index (χ3n) is 14.3. The van der Waals surface area contributed by atoms with Gasteiger partial charge < -0.3 is 15.5 Å². The highest BCUT2D eigenvalue weighted by molar-refractivity contribution is 5.96. The number of hydrogen-bond donors (Lipinski definition) is 3. The number of anilines is 1. The Morgan fingerprint density at radius 3 is 2.29 bits per heavy atom. The Balaban J connectivity index is 1.39. The molecule has 1 unspecified atom stereocenters. The van der Waals surface area contributed by atoms with E-state index in [0.29, 0.717) is 17.5 Å². The molecule has 4 nitrogen and oxygen atoms in total. The topological polar surface area (TPSA) is 69.6 Å². The molecule has 0 aromatic heterocycles. The lowest BCUT2D eigenvalue weighted by Crippen LogP contribution is -2.66. The summed E-state index contributed by atoms with van der Waals surface area (Å²) >= 11 is 0. The highest BCUT2D eigenvalue weighted by atomic mass is 19.1. The lowest BCUT2D eigenvalue weighted by Gasteiger charge is -2.71. The predicted molar refractivity (Wildman–Crippen MR) is 161 cm³/mol. The minimum Gasteiger partial charge on any atom is -0.396 e. The smallest absolute Gasteiger partial charge is 0.231 e. The fourth-order valence-corrected chi connectivity index (χ4v) is 11.5. The Kier molecular flexibility index (Phi) is 6.72. The number of allylic oxidation sites excluding steroid dienone is 2. The number of nitrogens with one attached hydrogen (secondary N) is 1. The quantitative estimate of drug-likeness (QED) is 0.326. The van der Waals surface area contributed by atoms with Crippen molar-refractivity contribution in [2.24, 2.45) is 50.2 Å². The molecule has 0 spiro atoms. The van der Waals surface area contributed by atoms with Crippen LogP contribution in [0.15, 0.2) is 35.9 Å². The average Bonchev–Trinajstić information content (AvgIpc) is 2.92. The van der Waals surface area contributed by atoms with Crippen molar-refractivity contribution in [2.45, 2.75) is 112 Å². The highest BCUT2D eigenvalue weighted by Crippen LogP contribution is 2.75. The van der Waals surface area contributed by atoms with Crippen LogP contribution in [0.2, 0.25) is 0 Å². The maximum absolute atomic E-state index is 14.3. The molecule has 0 bridgehead atoms. The summed E-state index contributed by atoms with van der Waals surface area (Å²) < 4.78 is 13.6. The number of benzene rings is 1. The zero-order chi connectivity index (χ0) is 29.6. The molecule has 0 saturated heterocycles. The number of rotatable bonds is 3. The van der Waals surface area contributed by atoms with Crippen LogP contribution in [0, 0.1) is 56.1 Å². The van der Waals surface area contributed by atoms with Crippen molar-refractivity contribution < 1.29 is 19.4 Å². The molecule has 5 aliphatic rings. The molecule has 4 saturated carbocycles. The van der Waals surface area contributed by atoms with Gasteiger partial charge in [-0.05, 0) is 128 Å². The molecule has 9 atom stereocenters. The second kappa shape index (κ2) is 9.39. The van der Waals surface area contributed by atoms with E-state index in [2.05, 4.69) is 52.9 Å². The number of halogens is 1. The minimum atomic E-state index is -0.452. The Morgan fingerprint density at radius 2 is 1.61 bits per heavy atom. The lowest BCUT2D eigenvalue weighted by molar-refractivity contribution is -0.215. The van der Waals surface area contributed by atoms with Gasteiger partial charge in [-0.1, -0.05) is 53.2 Å². The van der Waals surface area contributed by atoms with Crippen molar-refractivity contribution in [1.82, 2.24) is 0 Å². The zero-order valence-corrected chi connectivity index (χ0v) is 26.2. The van der Waals surface area contributed by atoms with E-state index >= 15 is 0 Å². The average molecular weight is 566 g/mol. The summed E-state index contributed by atoms with van der Waals surface area (Å²) in [6.07, 6.45) is 11.8. The zero-order valence-electron chi connectivity index (χ0n) is 26.2. The van der Waals surface area contributed by atoms with Crippen LogP contribution in [0.3, 0.4) is 0 Å². The summed E-state index contributed by atoms with van der Waals surface area (Å²) in [4.78, 5) is 14.3. The second-order valence-corrected chi connectivity index (χ2v) is 16.6. The molecule has 1 aromatic rings. The monoisotopic (exact) mass is 565 g/mol. The van der Waals surface area contributed by atoms with Crippen LogP contribution < -0.4 is 5.32 Å². The fraction of sp³-hybridized carbons (Fsp3) is 0.750. The summed E-state index contributed by atoms with van der Waals surface area (Å²) in [5.41, 5.74) is 1.64. The van der Waals surface area contributed by atoms with Gasteiger partial charge in [0, 0.05) is 11.1 Å². The highest BCUT2D eigenvalue weighted by Gasteiger charge is 2.69. The molecule has 1 amide bonds. The van der Waals surface area contributed by atoms with E-state index in [1.165, 1.54) is 17.7 Å². The van der Waals surface area contributed by atoms with Crippen LogP contribution >= 0.6 is 0 Å². The van der Waals surface area contributed by atoms with Gasteiger partial charge in [-0.25, -0.2) is 4.39 Å². The first kappa shape index (κ1) is 29.4. The molecule has 5 heteroatoms. The summed E-state index contributed by atoms with van der Waals surface area (Å²) in [5, 5.41) is 24.8. The van der Waals surface area contributed by atoms with E-state index in [1.54, 1.807) is 12.1 Å². The third kappa shape index (κ3) is 4.00. The minimum absolute atomic E-state index is 0.00726. The standard InChI is InChI=1S/C36H52FNO3/c1-31(2)17-19-36(30(41)38-24-9-7-23(37)8-10-24)20-18-34(5)25(26(36)21-31)11-12-28-32(3)15-14-29(40)33(4,22-39)27(32)13-16-35(28,34)6/h7-11,26-29,39-40H,12-22H2,1-6H3,(H,38,41)/t26-,27?,28-,29+,32+,33+,34-,35-,36+/m1/s1. The Morgan fingerprint density at radius 1 is 0.927 bits per heavy atom. The number of aliphatic hydroxyl groups excluding tert-OH is 2. The fourth-order valence-electron chi connectivity index (χ4n) is 11.5. The summed E-state index contributed by atoms with van der Waals surface area (Å²) in [5.74, 6) is 0.800. The van der Waals surface area contributed by atoms with E-state index in [-0.39, 0.29) is 45.9 Å². The predicted octanol–water partition coefficient (Wildman–Crippen LogP) is 7.90. The first-order chi connectivity index (χ1) is 19.2. The molecule has 0 radical (unpaired) electrons. The van der Waals surface area contributed by atoms with Crippen molar-refractivity contribution >= 4 is 11.6 Å². The van der Waals surface area contributed by atoms with E-state index in [1.807, 2.05) is 0 Å². The molecule has 6 rings (SSSR count). The van der Waals surface area contributed by atoms with E-state index in [9.17, 15) is 19.4 Å². The van der Waals surface area contributed by atoms with Crippen molar-refractivity contribution in [3.63, 3.8) is 0 Å². The van der Waals surface area contributed by atoms with Gasteiger partial charge in [0.2, 0.25) is 5.91 Å². The van der Waals surface area contributed by atoms with Gasteiger partial charge in [0.1, 0.15) is 5.82 Å². The van der Waals surface area contributed by atoms with Gasteiger partial charge in [0.25, 0.3) is 0 Å². The Bertz CT molecular complexity index is 1240. The van der Waals surface area contributed by atoms with Gasteiger partial charge in [-0.3, -0.25) is 4.79 Å². The van der Waals surface area contributed by atoms with Crippen molar-refractivity contribution in [3.8, 4) is 0 Å². The number of carbonyl (C=O) groups excluding carboxylic acids is 1. The van der Waals surface area contributed by atoms with E-state index in [0.717, 1.165) is 64.2 Å². The Labute approximate surface area is 246 Å². The number of carbonyl (C=O) groups is 1. The van der Waals surface area contributed by atoms with Crippen LogP contribution in [-0.4, -0.2) is 28.8 Å². The lowest BCUT2D eigenvalue weighted by atomic mass is 9.33. The van der Waals surface area contributed by atoms with Crippen LogP contribution in [0.5, 0.6) is 0 Å². The molecular formula is C36H52FNO3. The Hall–Kier alpha value is -1.72. The van der Waals surface area contributed by atoms with Crippen molar-refractivity contribution in [3.05, 3.63) is 41.7 Å². The maximum Gasteiger partial charge on any atom is 0.231 e. The molecular weight excluding hydrogens is 513 g/mol. The first-order valence-electron chi connectivity index (χ1n) is 16.2. The van der Waals surface area contributed by atoms with Gasteiger partial charge in [-0.15, -0.1) is 0 Å². The SMILES string of the molecule is CC1(C)CC[C@]2(C(=O)Nc3ccc(F)cc3)CC[C@]3(C)C(=CC[C@@H]4[C@@]5(C)CC[C@H](O)[C@@](C)(CO)C5CC[C@]43C)[C@H]2C1. The summed E-state index contributed by atoms with van der Waals surface area (Å²) in [6.45, 7) is 14.4. The number of amides is 1. The molecule has 3 N–H and O–H groups in total. The van der Waals surface area contributed by atoms with Gasteiger partial charge in [0.15, 0.2) is 0 Å². The van der Waals surface area contributed by atoms with Crippen LogP contribution in [0.25, 0.3) is 0 Å². The normalized spacial score (nSPS) is 46.7. The van der Waals surface area contributed by atoms with E-state index < -0.39 is 16.9 Å². The molecule has 226 valence electrons. The van der Waals surface area contributed by atoms with Crippen molar-refractivity contribution in [1.29, 1.82) is 0 Å². The molecule has 5 aliphatic carbocycles.